The first-order valence-electron chi connectivity index (χ1n) is 6.98. The molecule has 0 N–H and O–H groups in total. The Morgan fingerprint density at radius 2 is 1.67 bits per heavy atom. The average Bonchev–Trinajstić information content (AvgIpc) is 2.47. The number of piperidine rings is 1. The number of hydrogen-bond acceptors (Lipinski definition) is 2. The number of rotatable bonds is 3. The van der Waals surface area contributed by atoms with Crippen LogP contribution in [0, 0.1) is 16.7 Å². The number of nitrogens with zero attached hydrogens (tertiary/aromatic N) is 2. The van der Waals surface area contributed by atoms with Crippen LogP contribution in [0.25, 0.3) is 0 Å². The van der Waals surface area contributed by atoms with Crippen LogP contribution in [0.2, 0.25) is 0 Å². The Morgan fingerprint density at radius 1 is 1.11 bits per heavy atom. The lowest BCUT2D eigenvalue weighted by molar-refractivity contribution is 0.199. The maximum Gasteiger partial charge on any atom is 0.0991 e. The van der Waals surface area contributed by atoms with Gasteiger partial charge in [-0.2, -0.15) is 5.26 Å². The van der Waals surface area contributed by atoms with Gasteiger partial charge in [0.25, 0.3) is 0 Å². The van der Waals surface area contributed by atoms with Crippen molar-refractivity contribution in [3.8, 4) is 6.07 Å². The van der Waals surface area contributed by atoms with Crippen LogP contribution in [-0.4, -0.2) is 13.1 Å². The minimum absolute atomic E-state index is 0.573. The molecule has 0 spiro atoms. The molecule has 1 saturated heterocycles. The SMILES string of the molecule is CCC1(CC)CCN(c2ccc(C#N)cc2)CC1. The molecule has 96 valence electrons. The van der Waals surface area contributed by atoms with Crippen LogP contribution in [0.3, 0.4) is 0 Å². The molecule has 0 bridgehead atoms. The zero-order chi connectivity index (χ0) is 13.0. The highest BCUT2D eigenvalue weighted by molar-refractivity contribution is 5.50. The number of anilines is 1. The molecule has 1 aliphatic rings. The monoisotopic (exact) mass is 242 g/mol. The predicted molar refractivity (Wildman–Crippen MR) is 75.6 cm³/mol. The number of nitriles is 1. The lowest BCUT2D eigenvalue weighted by Gasteiger charge is -2.42. The average molecular weight is 242 g/mol. The van der Waals surface area contributed by atoms with Crippen molar-refractivity contribution < 1.29 is 0 Å². The molecule has 0 aromatic heterocycles. The Kier molecular flexibility index (Phi) is 3.91. The maximum atomic E-state index is 8.81. The van der Waals surface area contributed by atoms with Gasteiger partial charge in [0.1, 0.15) is 0 Å². The van der Waals surface area contributed by atoms with Gasteiger partial charge >= 0.3 is 0 Å². The summed E-state index contributed by atoms with van der Waals surface area (Å²) < 4.78 is 0. The van der Waals surface area contributed by atoms with E-state index in [1.165, 1.54) is 31.4 Å². The highest BCUT2D eigenvalue weighted by Gasteiger charge is 2.31. The van der Waals surface area contributed by atoms with E-state index in [2.05, 4.69) is 36.9 Å². The number of benzene rings is 1. The van der Waals surface area contributed by atoms with E-state index in [9.17, 15) is 0 Å². The summed E-state index contributed by atoms with van der Waals surface area (Å²) in [7, 11) is 0. The zero-order valence-corrected chi connectivity index (χ0v) is 11.4. The molecule has 1 fully saturated rings. The first kappa shape index (κ1) is 13.0. The third kappa shape index (κ3) is 2.51. The van der Waals surface area contributed by atoms with Gasteiger partial charge in [-0.25, -0.2) is 0 Å². The fourth-order valence-electron chi connectivity index (χ4n) is 2.94. The summed E-state index contributed by atoms with van der Waals surface area (Å²) in [6.07, 6.45) is 5.18. The van der Waals surface area contributed by atoms with E-state index in [1.54, 1.807) is 0 Å². The Labute approximate surface area is 110 Å². The molecular weight excluding hydrogens is 220 g/mol. The van der Waals surface area contributed by atoms with E-state index < -0.39 is 0 Å². The molecule has 2 heteroatoms. The van der Waals surface area contributed by atoms with Gasteiger partial charge in [-0.1, -0.05) is 26.7 Å². The second kappa shape index (κ2) is 5.44. The normalized spacial score (nSPS) is 18.4. The Morgan fingerprint density at radius 3 is 2.11 bits per heavy atom. The van der Waals surface area contributed by atoms with Crippen LogP contribution in [0.15, 0.2) is 24.3 Å². The second-order valence-corrected chi connectivity index (χ2v) is 5.35. The summed E-state index contributed by atoms with van der Waals surface area (Å²) >= 11 is 0. The minimum Gasteiger partial charge on any atom is -0.371 e. The highest BCUT2D eigenvalue weighted by Crippen LogP contribution is 2.39. The topological polar surface area (TPSA) is 27.0 Å². The van der Waals surface area contributed by atoms with Crippen molar-refractivity contribution in [3.05, 3.63) is 29.8 Å². The third-order valence-electron chi connectivity index (χ3n) is 4.69. The largest absolute Gasteiger partial charge is 0.371 e. The molecule has 18 heavy (non-hydrogen) atoms. The first-order valence-corrected chi connectivity index (χ1v) is 6.98. The van der Waals surface area contributed by atoms with Gasteiger partial charge in [-0.15, -0.1) is 0 Å². The number of hydrogen-bond donors (Lipinski definition) is 0. The molecule has 2 rings (SSSR count). The summed E-state index contributed by atoms with van der Waals surface area (Å²) in [5.74, 6) is 0. The van der Waals surface area contributed by atoms with Crippen molar-refractivity contribution in [2.45, 2.75) is 39.5 Å². The first-order chi connectivity index (χ1) is 8.73. The van der Waals surface area contributed by atoms with Gasteiger partial charge < -0.3 is 4.90 Å². The molecule has 0 amide bonds. The van der Waals surface area contributed by atoms with Crippen molar-refractivity contribution >= 4 is 5.69 Å². The lowest BCUT2D eigenvalue weighted by atomic mass is 9.74. The minimum atomic E-state index is 0.573. The smallest absolute Gasteiger partial charge is 0.0991 e. The molecule has 1 heterocycles. The van der Waals surface area contributed by atoms with Gasteiger partial charge in [0.2, 0.25) is 0 Å². The van der Waals surface area contributed by atoms with Crippen LogP contribution >= 0.6 is 0 Å². The second-order valence-electron chi connectivity index (χ2n) is 5.35. The molecule has 1 aromatic carbocycles. The predicted octanol–water partition coefficient (Wildman–Crippen LogP) is 3.96. The molecule has 0 unspecified atom stereocenters. The fourth-order valence-corrected chi connectivity index (χ4v) is 2.94. The quantitative estimate of drug-likeness (QED) is 0.802. The van der Waals surface area contributed by atoms with Crippen LogP contribution in [0.5, 0.6) is 0 Å². The summed E-state index contributed by atoms with van der Waals surface area (Å²) in [5.41, 5.74) is 2.57. The van der Waals surface area contributed by atoms with Gasteiger partial charge in [0, 0.05) is 18.8 Å². The van der Waals surface area contributed by atoms with E-state index >= 15 is 0 Å². The van der Waals surface area contributed by atoms with Gasteiger partial charge in [-0.05, 0) is 42.5 Å². The maximum absolute atomic E-state index is 8.81. The molecule has 2 nitrogen and oxygen atoms in total. The third-order valence-corrected chi connectivity index (χ3v) is 4.69. The molecule has 0 saturated carbocycles. The van der Waals surface area contributed by atoms with Crippen LogP contribution in [0.1, 0.15) is 45.1 Å². The van der Waals surface area contributed by atoms with Crippen molar-refractivity contribution in [1.82, 2.24) is 0 Å². The molecular formula is C16H22N2. The fraction of sp³-hybridized carbons (Fsp3) is 0.562. The summed E-state index contributed by atoms with van der Waals surface area (Å²) in [6, 6.07) is 10.1. The summed E-state index contributed by atoms with van der Waals surface area (Å²) in [4.78, 5) is 2.45. The van der Waals surface area contributed by atoms with Gasteiger partial charge in [0.05, 0.1) is 11.6 Å². The molecule has 0 atom stereocenters. The summed E-state index contributed by atoms with van der Waals surface area (Å²) in [5, 5.41) is 8.81. The zero-order valence-electron chi connectivity index (χ0n) is 11.4. The van der Waals surface area contributed by atoms with E-state index in [0.29, 0.717) is 5.41 Å². The van der Waals surface area contributed by atoms with Crippen LogP contribution in [-0.2, 0) is 0 Å². The van der Waals surface area contributed by atoms with E-state index in [0.717, 1.165) is 18.7 Å². The molecule has 0 radical (unpaired) electrons. The molecule has 1 aliphatic heterocycles. The van der Waals surface area contributed by atoms with E-state index in [4.69, 9.17) is 5.26 Å². The van der Waals surface area contributed by atoms with E-state index in [-0.39, 0.29) is 0 Å². The van der Waals surface area contributed by atoms with Crippen molar-refractivity contribution in [1.29, 1.82) is 5.26 Å². The Hall–Kier alpha value is -1.49. The molecule has 1 aromatic rings. The molecule has 0 aliphatic carbocycles. The standard InChI is InChI=1S/C16H22N2/c1-3-16(4-2)9-11-18(12-10-16)15-7-5-14(13-17)6-8-15/h5-8H,3-4,9-12H2,1-2H3. The van der Waals surface area contributed by atoms with Crippen molar-refractivity contribution in [2.24, 2.45) is 5.41 Å². The van der Waals surface area contributed by atoms with Gasteiger partial charge in [-0.3, -0.25) is 0 Å². The van der Waals surface area contributed by atoms with E-state index in [1.807, 2.05) is 12.1 Å². The van der Waals surface area contributed by atoms with Crippen molar-refractivity contribution in [3.63, 3.8) is 0 Å². The van der Waals surface area contributed by atoms with Gasteiger partial charge in [0.15, 0.2) is 0 Å². The van der Waals surface area contributed by atoms with Crippen LogP contribution in [0.4, 0.5) is 5.69 Å². The Bertz CT molecular complexity index is 413. The summed E-state index contributed by atoms with van der Waals surface area (Å²) in [6.45, 7) is 6.93. The van der Waals surface area contributed by atoms with Crippen LogP contribution < -0.4 is 4.90 Å². The lowest BCUT2D eigenvalue weighted by Crippen LogP contribution is -2.39. The van der Waals surface area contributed by atoms with Crippen molar-refractivity contribution in [2.75, 3.05) is 18.0 Å². The highest BCUT2D eigenvalue weighted by atomic mass is 15.1. The Balaban J connectivity index is 2.03.